The van der Waals surface area contributed by atoms with Gasteiger partial charge in [-0.05, 0) is 48.7 Å². The summed E-state index contributed by atoms with van der Waals surface area (Å²) in [6, 6.07) is 15.0. The molecule has 136 valence electrons. The van der Waals surface area contributed by atoms with Crippen molar-refractivity contribution in [1.29, 1.82) is 0 Å². The number of amides is 1. The predicted molar refractivity (Wildman–Crippen MR) is 101 cm³/mol. The molecule has 1 aliphatic rings. The number of nitrogens with two attached hydrogens (primary N) is 1. The highest BCUT2D eigenvalue weighted by Gasteiger charge is 2.23. The Morgan fingerprint density at radius 1 is 1.12 bits per heavy atom. The van der Waals surface area contributed by atoms with E-state index in [-0.39, 0.29) is 17.4 Å². The van der Waals surface area contributed by atoms with E-state index < -0.39 is 5.97 Å². The molecule has 1 fully saturated rings. The van der Waals surface area contributed by atoms with Crippen molar-refractivity contribution in [2.75, 3.05) is 23.3 Å². The maximum Gasteiger partial charge on any atom is 0.335 e. The van der Waals surface area contributed by atoms with Gasteiger partial charge in [-0.25, -0.2) is 4.79 Å². The third kappa shape index (κ3) is 4.33. The Bertz CT molecular complexity index is 798. The number of hydrogen-bond acceptors (Lipinski definition) is 4. The first kappa shape index (κ1) is 17.8. The zero-order chi connectivity index (χ0) is 18.5. The molecule has 1 aliphatic heterocycles. The summed E-state index contributed by atoms with van der Waals surface area (Å²) in [5.74, 6) is -1.15. The molecule has 6 heteroatoms. The van der Waals surface area contributed by atoms with Crippen LogP contribution in [0.5, 0.6) is 0 Å². The van der Waals surface area contributed by atoms with E-state index in [1.165, 1.54) is 0 Å². The first-order valence-corrected chi connectivity index (χ1v) is 8.73. The number of primary amides is 1. The Kier molecular flexibility index (Phi) is 5.41. The van der Waals surface area contributed by atoms with E-state index in [2.05, 4.69) is 22.3 Å². The quantitative estimate of drug-likeness (QED) is 0.742. The van der Waals surface area contributed by atoms with Gasteiger partial charge in [0.1, 0.15) is 0 Å². The second-order valence-electron chi connectivity index (χ2n) is 6.57. The van der Waals surface area contributed by atoms with Crippen LogP contribution in [0.4, 0.5) is 11.4 Å². The van der Waals surface area contributed by atoms with Gasteiger partial charge in [0.15, 0.2) is 0 Å². The number of aromatic carboxylic acids is 1. The second-order valence-corrected chi connectivity index (χ2v) is 6.57. The number of piperidine rings is 1. The van der Waals surface area contributed by atoms with E-state index in [4.69, 9.17) is 10.8 Å². The first-order chi connectivity index (χ1) is 12.5. The van der Waals surface area contributed by atoms with Crippen molar-refractivity contribution in [3.05, 3.63) is 59.7 Å². The molecule has 1 saturated heterocycles. The highest BCUT2D eigenvalue weighted by atomic mass is 16.4. The van der Waals surface area contributed by atoms with Crippen LogP contribution in [0.3, 0.4) is 0 Å². The fourth-order valence-corrected chi connectivity index (χ4v) is 3.25. The van der Waals surface area contributed by atoms with Crippen LogP contribution in [0.15, 0.2) is 48.5 Å². The Hall–Kier alpha value is -3.02. The third-order valence-corrected chi connectivity index (χ3v) is 4.78. The van der Waals surface area contributed by atoms with Crippen molar-refractivity contribution in [2.24, 2.45) is 11.7 Å². The van der Waals surface area contributed by atoms with Gasteiger partial charge in [0, 0.05) is 36.9 Å². The van der Waals surface area contributed by atoms with Crippen LogP contribution in [0, 0.1) is 5.92 Å². The summed E-state index contributed by atoms with van der Waals surface area (Å²) in [6.07, 6.45) is 1.57. The molecule has 2 aromatic carbocycles. The number of nitrogens with zero attached hydrogens (tertiary/aromatic N) is 1. The van der Waals surface area contributed by atoms with Gasteiger partial charge in [-0.1, -0.05) is 18.2 Å². The fourth-order valence-electron chi connectivity index (χ4n) is 3.25. The Morgan fingerprint density at radius 3 is 2.54 bits per heavy atom. The fraction of sp³-hybridized carbons (Fsp3) is 0.300. The molecule has 0 aliphatic carbocycles. The van der Waals surface area contributed by atoms with Gasteiger partial charge in [-0.3, -0.25) is 4.79 Å². The second kappa shape index (κ2) is 7.91. The summed E-state index contributed by atoms with van der Waals surface area (Å²) < 4.78 is 0. The van der Waals surface area contributed by atoms with Gasteiger partial charge < -0.3 is 21.1 Å². The zero-order valence-corrected chi connectivity index (χ0v) is 14.5. The van der Waals surface area contributed by atoms with Crippen molar-refractivity contribution >= 4 is 23.3 Å². The zero-order valence-electron chi connectivity index (χ0n) is 14.5. The summed E-state index contributed by atoms with van der Waals surface area (Å²) in [5.41, 5.74) is 8.68. The number of carbonyl (C=O) groups excluding carboxylic acids is 1. The molecule has 0 aromatic heterocycles. The first-order valence-electron chi connectivity index (χ1n) is 8.73. The SMILES string of the molecule is NC(=O)C1CCN(c2cccc(NCc3cccc(C(=O)O)c3)c2)CC1. The molecule has 1 amide bonds. The minimum atomic E-state index is -0.923. The van der Waals surface area contributed by atoms with E-state index in [1.807, 2.05) is 18.2 Å². The molecule has 0 bridgehead atoms. The lowest BCUT2D eigenvalue weighted by atomic mass is 9.96. The summed E-state index contributed by atoms with van der Waals surface area (Å²) in [5, 5.41) is 12.4. The number of benzene rings is 2. The minimum Gasteiger partial charge on any atom is -0.478 e. The molecule has 0 spiro atoms. The van der Waals surface area contributed by atoms with Gasteiger partial charge >= 0.3 is 5.97 Å². The van der Waals surface area contributed by atoms with Crippen molar-refractivity contribution in [3.63, 3.8) is 0 Å². The molecule has 1 heterocycles. The molecule has 6 nitrogen and oxygen atoms in total. The largest absolute Gasteiger partial charge is 0.478 e. The molecular weight excluding hydrogens is 330 g/mol. The minimum absolute atomic E-state index is 0.0194. The highest BCUT2D eigenvalue weighted by Crippen LogP contribution is 2.25. The lowest BCUT2D eigenvalue weighted by Gasteiger charge is -2.32. The number of anilines is 2. The van der Waals surface area contributed by atoms with Gasteiger partial charge in [0.2, 0.25) is 5.91 Å². The van der Waals surface area contributed by atoms with Gasteiger partial charge in [-0.15, -0.1) is 0 Å². The molecule has 2 aromatic rings. The van der Waals surface area contributed by atoms with E-state index in [0.717, 1.165) is 42.9 Å². The van der Waals surface area contributed by atoms with Crippen molar-refractivity contribution in [3.8, 4) is 0 Å². The lowest BCUT2D eigenvalue weighted by Crippen LogP contribution is -2.38. The molecule has 4 N–H and O–H groups in total. The van der Waals surface area contributed by atoms with E-state index >= 15 is 0 Å². The Balaban J connectivity index is 1.62. The van der Waals surface area contributed by atoms with E-state index in [1.54, 1.807) is 18.2 Å². The van der Waals surface area contributed by atoms with Gasteiger partial charge in [0.05, 0.1) is 5.56 Å². The summed E-state index contributed by atoms with van der Waals surface area (Å²) in [7, 11) is 0. The smallest absolute Gasteiger partial charge is 0.335 e. The molecule has 0 unspecified atom stereocenters. The normalized spacial score (nSPS) is 14.8. The van der Waals surface area contributed by atoms with Gasteiger partial charge in [0.25, 0.3) is 0 Å². The molecular formula is C20H23N3O3. The monoisotopic (exact) mass is 353 g/mol. The number of hydrogen-bond donors (Lipinski definition) is 3. The van der Waals surface area contributed by atoms with Crippen LogP contribution >= 0.6 is 0 Å². The number of carboxylic acid groups (broad SMARTS) is 1. The predicted octanol–water partition coefficient (Wildman–Crippen LogP) is 2.70. The average Bonchev–Trinajstić information content (AvgIpc) is 2.67. The topological polar surface area (TPSA) is 95.7 Å². The van der Waals surface area contributed by atoms with Crippen LogP contribution in [0.1, 0.15) is 28.8 Å². The number of rotatable bonds is 6. The lowest BCUT2D eigenvalue weighted by molar-refractivity contribution is -0.122. The van der Waals surface area contributed by atoms with Crippen LogP contribution in [0.2, 0.25) is 0 Å². The number of nitrogens with one attached hydrogen (secondary N) is 1. The number of carboxylic acids is 1. The van der Waals surface area contributed by atoms with Crippen LogP contribution in [-0.2, 0) is 11.3 Å². The van der Waals surface area contributed by atoms with Crippen LogP contribution in [0.25, 0.3) is 0 Å². The molecule has 26 heavy (non-hydrogen) atoms. The third-order valence-electron chi connectivity index (χ3n) is 4.78. The molecule has 0 saturated carbocycles. The average molecular weight is 353 g/mol. The highest BCUT2D eigenvalue weighted by molar-refractivity contribution is 5.87. The van der Waals surface area contributed by atoms with E-state index in [9.17, 15) is 9.59 Å². The Morgan fingerprint density at radius 2 is 1.85 bits per heavy atom. The summed E-state index contributed by atoms with van der Waals surface area (Å²) >= 11 is 0. The van der Waals surface area contributed by atoms with Gasteiger partial charge in [-0.2, -0.15) is 0 Å². The standard InChI is InChI=1S/C20H23N3O3/c21-19(24)15-7-9-23(10-8-15)18-6-2-5-17(12-18)22-13-14-3-1-4-16(11-14)20(25)26/h1-6,11-12,15,22H,7-10,13H2,(H2,21,24)(H,25,26). The van der Waals surface area contributed by atoms with E-state index in [0.29, 0.717) is 6.54 Å². The number of carbonyl (C=O) groups is 2. The Labute approximate surface area is 152 Å². The molecule has 3 rings (SSSR count). The summed E-state index contributed by atoms with van der Waals surface area (Å²) in [6.45, 7) is 2.18. The van der Waals surface area contributed by atoms with Crippen molar-refractivity contribution in [1.82, 2.24) is 0 Å². The maximum atomic E-state index is 11.3. The molecule has 0 atom stereocenters. The van der Waals surface area contributed by atoms with Crippen molar-refractivity contribution < 1.29 is 14.7 Å². The van der Waals surface area contributed by atoms with Crippen molar-refractivity contribution in [2.45, 2.75) is 19.4 Å². The summed E-state index contributed by atoms with van der Waals surface area (Å²) in [4.78, 5) is 24.6. The maximum absolute atomic E-state index is 11.3. The van der Waals surface area contributed by atoms with Crippen LogP contribution in [-0.4, -0.2) is 30.1 Å². The molecule has 0 radical (unpaired) electrons. The van der Waals surface area contributed by atoms with Crippen LogP contribution < -0.4 is 16.0 Å².